The number of alkyl halides is 3. The van der Waals surface area contributed by atoms with Crippen molar-refractivity contribution in [1.82, 2.24) is 5.32 Å². The van der Waals surface area contributed by atoms with Crippen LogP contribution in [-0.2, 0) is 6.18 Å². The fourth-order valence-electron chi connectivity index (χ4n) is 1.03. The van der Waals surface area contributed by atoms with E-state index in [9.17, 15) is 18.0 Å². The van der Waals surface area contributed by atoms with E-state index in [1.807, 2.05) is 5.32 Å². The van der Waals surface area contributed by atoms with E-state index in [2.05, 4.69) is 0 Å². The topological polar surface area (TPSA) is 79.0 Å². The van der Waals surface area contributed by atoms with Crippen molar-refractivity contribution in [2.24, 2.45) is 5.73 Å². The molecule has 0 spiro atoms. The van der Waals surface area contributed by atoms with Crippen LogP contribution in [0.1, 0.15) is 15.9 Å². The quantitative estimate of drug-likeness (QED) is 0.503. The maximum absolute atomic E-state index is 12.3. The average Bonchev–Trinajstić information content (AvgIpc) is 2.15. The van der Waals surface area contributed by atoms with Gasteiger partial charge in [-0.1, -0.05) is 6.07 Å². The number of nitrogens with one attached hydrogen (secondary N) is 2. The second-order valence-corrected chi connectivity index (χ2v) is 2.95. The van der Waals surface area contributed by atoms with Crippen molar-refractivity contribution < 1.29 is 18.0 Å². The first-order valence-electron chi connectivity index (χ1n) is 4.13. The summed E-state index contributed by atoms with van der Waals surface area (Å²) in [5.74, 6) is -1.47. The molecule has 0 aliphatic heterocycles. The highest BCUT2D eigenvalue weighted by molar-refractivity contribution is 6.04. The van der Waals surface area contributed by atoms with E-state index in [4.69, 9.17) is 11.1 Å². The van der Waals surface area contributed by atoms with Crippen LogP contribution in [0.3, 0.4) is 0 Å². The van der Waals surface area contributed by atoms with Crippen LogP contribution < -0.4 is 11.1 Å². The summed E-state index contributed by atoms with van der Waals surface area (Å²) in [5.41, 5.74) is 3.75. The summed E-state index contributed by atoms with van der Waals surface area (Å²) in [5, 5.41) is 8.67. The maximum atomic E-state index is 12.3. The molecule has 0 bridgehead atoms. The third-order valence-electron chi connectivity index (χ3n) is 1.70. The minimum atomic E-state index is -4.51. The smallest absolute Gasteiger partial charge is 0.370 e. The number of nitrogens with two attached hydrogens (primary N) is 1. The predicted octanol–water partition coefficient (Wildman–Crippen LogP) is 1.33. The van der Waals surface area contributed by atoms with Crippen LogP contribution in [-0.4, -0.2) is 11.9 Å². The van der Waals surface area contributed by atoms with Crippen molar-refractivity contribution in [1.29, 1.82) is 5.41 Å². The number of halogens is 3. The summed E-state index contributed by atoms with van der Waals surface area (Å²) in [6, 6.07) is 3.86. The molecule has 0 saturated heterocycles. The number of hydrogen-bond donors (Lipinski definition) is 3. The van der Waals surface area contributed by atoms with Gasteiger partial charge in [-0.3, -0.25) is 15.5 Å². The van der Waals surface area contributed by atoms with Crippen molar-refractivity contribution in [3.63, 3.8) is 0 Å². The van der Waals surface area contributed by atoms with E-state index < -0.39 is 23.6 Å². The molecule has 0 radical (unpaired) electrons. The van der Waals surface area contributed by atoms with E-state index in [0.717, 1.165) is 12.1 Å². The molecule has 1 amide bonds. The Bertz CT molecular complexity index is 428. The van der Waals surface area contributed by atoms with Crippen LogP contribution in [0.4, 0.5) is 13.2 Å². The van der Waals surface area contributed by atoms with Crippen molar-refractivity contribution >= 4 is 11.9 Å². The van der Waals surface area contributed by atoms with Crippen molar-refractivity contribution in [3.05, 3.63) is 35.4 Å². The number of carbonyl (C=O) groups excluding carboxylic acids is 1. The average molecular weight is 231 g/mol. The Morgan fingerprint density at radius 3 is 2.50 bits per heavy atom. The van der Waals surface area contributed by atoms with Crippen LogP contribution in [0, 0.1) is 5.41 Å². The minimum Gasteiger partial charge on any atom is -0.370 e. The summed E-state index contributed by atoms with van der Waals surface area (Å²) in [7, 11) is 0. The van der Waals surface area contributed by atoms with Gasteiger partial charge in [0.15, 0.2) is 5.96 Å². The van der Waals surface area contributed by atoms with E-state index >= 15 is 0 Å². The van der Waals surface area contributed by atoms with Gasteiger partial charge in [-0.2, -0.15) is 13.2 Å². The Morgan fingerprint density at radius 1 is 1.38 bits per heavy atom. The maximum Gasteiger partial charge on any atom is 0.416 e. The number of guanidine groups is 1. The molecule has 0 aliphatic carbocycles. The van der Waals surface area contributed by atoms with Gasteiger partial charge in [-0.25, -0.2) is 0 Å². The predicted molar refractivity (Wildman–Crippen MR) is 50.8 cm³/mol. The molecule has 0 atom stereocenters. The fraction of sp³-hybridized carbons (Fsp3) is 0.111. The monoisotopic (exact) mass is 231 g/mol. The second-order valence-electron chi connectivity index (χ2n) is 2.95. The van der Waals surface area contributed by atoms with E-state index in [-0.39, 0.29) is 5.56 Å². The zero-order valence-electron chi connectivity index (χ0n) is 7.93. The Kier molecular flexibility index (Phi) is 3.17. The first-order valence-corrected chi connectivity index (χ1v) is 4.13. The van der Waals surface area contributed by atoms with Gasteiger partial charge in [0, 0.05) is 5.56 Å². The van der Waals surface area contributed by atoms with E-state index in [0.29, 0.717) is 6.07 Å². The van der Waals surface area contributed by atoms with Crippen molar-refractivity contribution in [2.45, 2.75) is 6.18 Å². The third-order valence-corrected chi connectivity index (χ3v) is 1.70. The van der Waals surface area contributed by atoms with Gasteiger partial charge in [0.25, 0.3) is 5.91 Å². The largest absolute Gasteiger partial charge is 0.416 e. The van der Waals surface area contributed by atoms with Crippen LogP contribution in [0.25, 0.3) is 0 Å². The highest BCUT2D eigenvalue weighted by Crippen LogP contribution is 2.29. The SMILES string of the molecule is N=C(N)NC(=O)c1cccc(C(F)(F)F)c1. The molecular formula is C9H8F3N3O. The number of rotatable bonds is 1. The lowest BCUT2D eigenvalue weighted by Crippen LogP contribution is -2.35. The van der Waals surface area contributed by atoms with E-state index in [1.54, 1.807) is 0 Å². The number of benzene rings is 1. The van der Waals surface area contributed by atoms with Crippen LogP contribution >= 0.6 is 0 Å². The van der Waals surface area contributed by atoms with Gasteiger partial charge in [0.05, 0.1) is 5.56 Å². The molecule has 4 nitrogen and oxygen atoms in total. The zero-order valence-corrected chi connectivity index (χ0v) is 7.93. The first-order chi connectivity index (χ1) is 7.30. The second kappa shape index (κ2) is 4.21. The summed E-state index contributed by atoms with van der Waals surface area (Å²) >= 11 is 0. The lowest BCUT2D eigenvalue weighted by atomic mass is 10.1. The van der Waals surface area contributed by atoms with Crippen LogP contribution in [0.2, 0.25) is 0 Å². The molecule has 1 aromatic rings. The molecule has 86 valence electrons. The first kappa shape index (κ1) is 12.0. The van der Waals surface area contributed by atoms with Gasteiger partial charge in [-0.15, -0.1) is 0 Å². The molecular weight excluding hydrogens is 223 g/mol. The van der Waals surface area contributed by atoms with Crippen molar-refractivity contribution in [3.8, 4) is 0 Å². The molecule has 4 N–H and O–H groups in total. The lowest BCUT2D eigenvalue weighted by Gasteiger charge is -2.08. The Hall–Kier alpha value is -2.05. The Balaban J connectivity index is 2.99. The highest BCUT2D eigenvalue weighted by atomic mass is 19.4. The van der Waals surface area contributed by atoms with Gasteiger partial charge in [0.1, 0.15) is 0 Å². The van der Waals surface area contributed by atoms with Gasteiger partial charge in [-0.05, 0) is 18.2 Å². The summed E-state index contributed by atoms with van der Waals surface area (Å²) in [6.45, 7) is 0. The summed E-state index contributed by atoms with van der Waals surface area (Å²) in [6.07, 6.45) is -4.51. The molecule has 0 aliphatic rings. The Morgan fingerprint density at radius 2 is 2.00 bits per heavy atom. The molecule has 0 heterocycles. The molecule has 7 heteroatoms. The standard InChI is InChI=1S/C9H8F3N3O/c10-9(11,12)6-3-1-2-5(4-6)7(16)15-8(13)14/h1-4H,(H4,13,14,15,16). The highest BCUT2D eigenvalue weighted by Gasteiger charge is 2.30. The molecule has 1 aromatic carbocycles. The summed E-state index contributed by atoms with van der Waals surface area (Å²) in [4.78, 5) is 11.2. The normalized spacial score (nSPS) is 10.9. The van der Waals surface area contributed by atoms with Gasteiger partial charge in [0.2, 0.25) is 0 Å². The molecule has 0 unspecified atom stereocenters. The minimum absolute atomic E-state index is 0.204. The number of amides is 1. The molecule has 0 fully saturated rings. The van der Waals surface area contributed by atoms with Gasteiger partial charge >= 0.3 is 6.18 Å². The molecule has 0 aromatic heterocycles. The number of carbonyl (C=O) groups is 1. The van der Waals surface area contributed by atoms with Crippen LogP contribution in [0.5, 0.6) is 0 Å². The molecule has 16 heavy (non-hydrogen) atoms. The van der Waals surface area contributed by atoms with Gasteiger partial charge < -0.3 is 5.73 Å². The zero-order chi connectivity index (χ0) is 12.3. The molecule has 1 rings (SSSR count). The van der Waals surface area contributed by atoms with Crippen molar-refractivity contribution in [2.75, 3.05) is 0 Å². The van der Waals surface area contributed by atoms with Crippen LogP contribution in [0.15, 0.2) is 24.3 Å². The fourth-order valence-corrected chi connectivity index (χ4v) is 1.03. The lowest BCUT2D eigenvalue weighted by molar-refractivity contribution is -0.137. The Labute approximate surface area is 88.8 Å². The van der Waals surface area contributed by atoms with E-state index in [1.165, 1.54) is 6.07 Å². The number of hydrogen-bond acceptors (Lipinski definition) is 2. The molecule has 0 saturated carbocycles. The third kappa shape index (κ3) is 2.97. The summed E-state index contributed by atoms with van der Waals surface area (Å²) < 4.78 is 36.9.